The number of halogens is 2. The Hall–Kier alpha value is -2.20. The molecule has 0 saturated carbocycles. The Labute approximate surface area is 189 Å². The lowest BCUT2D eigenvalue weighted by Gasteiger charge is -2.33. The molecule has 4 rings (SSSR count). The second kappa shape index (κ2) is 9.12. The number of thiazole rings is 1. The van der Waals surface area contributed by atoms with E-state index in [1.807, 2.05) is 29.6 Å². The zero-order valence-corrected chi connectivity index (χ0v) is 19.2. The highest BCUT2D eigenvalue weighted by Crippen LogP contribution is 2.27. The Morgan fingerprint density at radius 1 is 1.16 bits per heavy atom. The van der Waals surface area contributed by atoms with Gasteiger partial charge in [0.2, 0.25) is 10.0 Å². The van der Waals surface area contributed by atoms with Crippen molar-refractivity contribution < 1.29 is 17.5 Å². The van der Waals surface area contributed by atoms with Crippen molar-refractivity contribution in [3.63, 3.8) is 0 Å². The van der Waals surface area contributed by atoms with Gasteiger partial charge in [0.05, 0.1) is 22.7 Å². The van der Waals surface area contributed by atoms with Crippen LogP contribution in [0.2, 0.25) is 5.02 Å². The Morgan fingerprint density at radius 3 is 2.65 bits per heavy atom. The fourth-order valence-electron chi connectivity index (χ4n) is 3.42. The number of benzene rings is 2. The first-order chi connectivity index (χ1) is 14.9. The molecule has 0 amide bonds. The molecule has 3 aromatic rings. The van der Waals surface area contributed by atoms with Crippen LogP contribution in [-0.2, 0) is 16.4 Å². The number of rotatable bonds is 6. The van der Waals surface area contributed by atoms with Crippen LogP contribution in [0.15, 0.2) is 52.7 Å². The van der Waals surface area contributed by atoms with Gasteiger partial charge in [-0.3, -0.25) is 0 Å². The van der Waals surface area contributed by atoms with Crippen LogP contribution in [0.25, 0.3) is 0 Å². The minimum Gasteiger partial charge on any atom is -0.497 e. The van der Waals surface area contributed by atoms with Gasteiger partial charge < -0.3 is 9.64 Å². The Morgan fingerprint density at radius 2 is 1.94 bits per heavy atom. The molecule has 0 radical (unpaired) electrons. The Bertz CT molecular complexity index is 1180. The van der Waals surface area contributed by atoms with E-state index in [2.05, 4.69) is 4.90 Å². The summed E-state index contributed by atoms with van der Waals surface area (Å²) in [7, 11) is -2.08. The number of ether oxygens (including phenoxy) is 1. The monoisotopic (exact) mass is 481 g/mol. The van der Waals surface area contributed by atoms with Crippen molar-refractivity contribution in [1.82, 2.24) is 9.29 Å². The summed E-state index contributed by atoms with van der Waals surface area (Å²) in [5.74, 6) is 0.173. The first kappa shape index (κ1) is 22.0. The molecule has 31 heavy (non-hydrogen) atoms. The fourth-order valence-corrected chi connectivity index (χ4v) is 5.99. The molecule has 6 nitrogen and oxygen atoms in total. The van der Waals surface area contributed by atoms with Crippen LogP contribution >= 0.6 is 22.9 Å². The summed E-state index contributed by atoms with van der Waals surface area (Å²) in [5, 5.41) is 2.70. The number of aromatic nitrogens is 1. The van der Waals surface area contributed by atoms with Crippen molar-refractivity contribution in [1.29, 1.82) is 0 Å². The third kappa shape index (κ3) is 4.85. The molecular weight excluding hydrogens is 461 g/mol. The SMILES string of the molecule is COc1cccc(Cc2csc(N3CCN(S(=O)(=O)c4ccc(F)c(Cl)c4)CC3)n2)c1. The van der Waals surface area contributed by atoms with Crippen LogP contribution in [0.3, 0.4) is 0 Å². The van der Waals surface area contributed by atoms with Gasteiger partial charge in [-0.05, 0) is 35.9 Å². The molecule has 10 heteroatoms. The summed E-state index contributed by atoms with van der Waals surface area (Å²) in [4.78, 5) is 6.82. The van der Waals surface area contributed by atoms with Crippen LogP contribution in [-0.4, -0.2) is 51.0 Å². The maximum atomic E-state index is 13.4. The van der Waals surface area contributed by atoms with Gasteiger partial charge in [-0.15, -0.1) is 11.3 Å². The lowest BCUT2D eigenvalue weighted by atomic mass is 10.1. The molecule has 1 fully saturated rings. The van der Waals surface area contributed by atoms with Crippen LogP contribution in [0.1, 0.15) is 11.3 Å². The van der Waals surface area contributed by atoms with E-state index in [4.69, 9.17) is 21.3 Å². The zero-order chi connectivity index (χ0) is 22.0. The van der Waals surface area contributed by atoms with E-state index in [0.29, 0.717) is 32.6 Å². The number of sulfonamides is 1. The van der Waals surface area contributed by atoms with Gasteiger partial charge in [0.15, 0.2) is 5.13 Å². The second-order valence-corrected chi connectivity index (χ2v) is 10.3. The lowest BCUT2D eigenvalue weighted by Crippen LogP contribution is -2.48. The van der Waals surface area contributed by atoms with Crippen LogP contribution in [0.4, 0.5) is 9.52 Å². The average molecular weight is 482 g/mol. The molecule has 0 bridgehead atoms. The Kier molecular flexibility index (Phi) is 6.47. The molecule has 1 saturated heterocycles. The molecule has 0 unspecified atom stereocenters. The van der Waals surface area contributed by atoms with E-state index in [1.165, 1.54) is 10.4 Å². The fraction of sp³-hybridized carbons (Fsp3) is 0.286. The van der Waals surface area contributed by atoms with E-state index in [1.54, 1.807) is 18.4 Å². The third-order valence-electron chi connectivity index (χ3n) is 5.10. The van der Waals surface area contributed by atoms with Crippen molar-refractivity contribution in [2.75, 3.05) is 38.2 Å². The van der Waals surface area contributed by atoms with E-state index in [0.717, 1.165) is 34.3 Å². The minimum atomic E-state index is -3.72. The molecule has 1 aliphatic heterocycles. The largest absolute Gasteiger partial charge is 0.497 e. The average Bonchev–Trinajstić information content (AvgIpc) is 3.24. The van der Waals surface area contributed by atoms with Crippen LogP contribution in [0.5, 0.6) is 5.75 Å². The maximum Gasteiger partial charge on any atom is 0.243 e. The first-order valence-electron chi connectivity index (χ1n) is 9.64. The van der Waals surface area contributed by atoms with E-state index in [9.17, 15) is 12.8 Å². The molecular formula is C21H21ClFN3O3S2. The van der Waals surface area contributed by atoms with Gasteiger partial charge in [-0.2, -0.15) is 4.31 Å². The van der Waals surface area contributed by atoms with Gasteiger partial charge in [-0.1, -0.05) is 23.7 Å². The zero-order valence-electron chi connectivity index (χ0n) is 16.8. The summed E-state index contributed by atoms with van der Waals surface area (Å²) in [6.07, 6.45) is 0.702. The predicted octanol–water partition coefficient (Wildman–Crippen LogP) is 4.05. The molecule has 2 aromatic carbocycles. The van der Waals surface area contributed by atoms with E-state index in [-0.39, 0.29) is 9.92 Å². The highest BCUT2D eigenvalue weighted by atomic mass is 35.5. The molecule has 1 aliphatic rings. The lowest BCUT2D eigenvalue weighted by molar-refractivity contribution is 0.384. The molecule has 0 aliphatic carbocycles. The minimum absolute atomic E-state index is 0.00201. The van der Waals surface area contributed by atoms with Gasteiger partial charge in [0.1, 0.15) is 11.6 Å². The smallest absolute Gasteiger partial charge is 0.243 e. The van der Waals surface area contributed by atoms with Crippen LogP contribution in [0, 0.1) is 5.82 Å². The van der Waals surface area contributed by atoms with E-state index < -0.39 is 15.8 Å². The predicted molar refractivity (Wildman–Crippen MR) is 120 cm³/mol. The van der Waals surface area contributed by atoms with Crippen molar-refractivity contribution in [3.8, 4) is 5.75 Å². The van der Waals surface area contributed by atoms with Crippen molar-refractivity contribution >= 4 is 38.1 Å². The van der Waals surface area contributed by atoms with Crippen molar-refractivity contribution in [2.24, 2.45) is 0 Å². The van der Waals surface area contributed by atoms with Crippen molar-refractivity contribution in [3.05, 3.63) is 69.9 Å². The third-order valence-corrected chi connectivity index (χ3v) is 8.23. The summed E-state index contributed by atoms with van der Waals surface area (Å²) in [6, 6.07) is 11.4. The van der Waals surface area contributed by atoms with Crippen LogP contribution < -0.4 is 9.64 Å². The van der Waals surface area contributed by atoms with Gasteiger partial charge in [-0.25, -0.2) is 17.8 Å². The molecule has 164 valence electrons. The van der Waals surface area contributed by atoms with Gasteiger partial charge >= 0.3 is 0 Å². The second-order valence-electron chi connectivity index (χ2n) is 7.12. The maximum absolute atomic E-state index is 13.4. The standard InChI is InChI=1S/C21H21ClFN3O3S2/c1-29-17-4-2-3-15(12-17)11-16-14-30-21(24-16)25-7-9-26(10-8-25)31(27,28)18-5-6-20(23)19(22)13-18/h2-6,12-14H,7-11H2,1H3. The summed E-state index contributed by atoms with van der Waals surface area (Å²) < 4.78 is 45.8. The topological polar surface area (TPSA) is 62.7 Å². The molecule has 0 N–H and O–H groups in total. The number of methoxy groups -OCH3 is 1. The molecule has 1 aromatic heterocycles. The molecule has 2 heterocycles. The normalized spacial score (nSPS) is 15.3. The summed E-state index contributed by atoms with van der Waals surface area (Å²) >= 11 is 7.31. The highest BCUT2D eigenvalue weighted by Gasteiger charge is 2.29. The summed E-state index contributed by atoms with van der Waals surface area (Å²) in [5.41, 5.74) is 2.08. The number of piperazine rings is 1. The molecule has 0 spiro atoms. The number of nitrogens with zero attached hydrogens (tertiary/aromatic N) is 3. The quantitative estimate of drug-likeness (QED) is 0.531. The first-order valence-corrected chi connectivity index (χ1v) is 12.3. The van der Waals surface area contributed by atoms with Crippen molar-refractivity contribution in [2.45, 2.75) is 11.3 Å². The number of anilines is 1. The number of hydrogen-bond acceptors (Lipinski definition) is 6. The Balaban J connectivity index is 1.40. The van der Waals surface area contributed by atoms with E-state index >= 15 is 0 Å². The van der Waals surface area contributed by atoms with Gasteiger partial charge in [0, 0.05) is 38.0 Å². The molecule has 0 atom stereocenters. The summed E-state index contributed by atoms with van der Waals surface area (Å²) in [6.45, 7) is 1.70. The highest BCUT2D eigenvalue weighted by molar-refractivity contribution is 7.89. The number of hydrogen-bond donors (Lipinski definition) is 0. The van der Waals surface area contributed by atoms with Gasteiger partial charge in [0.25, 0.3) is 0 Å².